The Morgan fingerprint density at radius 3 is 2.48 bits per heavy atom. The predicted octanol–water partition coefficient (Wildman–Crippen LogP) is 4.72. The Labute approximate surface area is 139 Å². The van der Waals surface area contributed by atoms with Crippen LogP contribution in [0.4, 0.5) is 5.69 Å². The molecule has 0 saturated heterocycles. The fraction of sp³-hybridized carbons (Fsp3) is 0.429. The third-order valence-corrected chi connectivity index (χ3v) is 4.89. The lowest BCUT2D eigenvalue weighted by Gasteiger charge is -2.37. The molecular weight excluding hydrogens is 282 g/mol. The van der Waals surface area contributed by atoms with Crippen LogP contribution < -0.4 is 5.32 Å². The van der Waals surface area contributed by atoms with Crippen LogP contribution in [-0.4, -0.2) is 11.7 Å². The standard InChI is InChI=1S/C21H27NO/c1-21(2,3)19-9-10-22-20-17(14-23)12-16(13-18(19)20)11-15-7-5-4-6-8-15/h4-8,12-13,19,22-23H,9-11,14H2,1-3H3. The van der Waals surface area contributed by atoms with Gasteiger partial charge in [-0.2, -0.15) is 0 Å². The van der Waals surface area contributed by atoms with Crippen LogP contribution in [-0.2, 0) is 13.0 Å². The summed E-state index contributed by atoms with van der Waals surface area (Å²) in [4.78, 5) is 0. The van der Waals surface area contributed by atoms with Crippen LogP contribution in [0.25, 0.3) is 0 Å². The number of hydrogen-bond donors (Lipinski definition) is 2. The van der Waals surface area contributed by atoms with Crippen molar-refractivity contribution in [2.24, 2.45) is 5.41 Å². The summed E-state index contributed by atoms with van der Waals surface area (Å²) in [6.45, 7) is 8.02. The molecule has 0 saturated carbocycles. The molecule has 2 aromatic carbocycles. The predicted molar refractivity (Wildman–Crippen MR) is 96.9 cm³/mol. The molecule has 23 heavy (non-hydrogen) atoms. The van der Waals surface area contributed by atoms with E-state index in [1.807, 2.05) is 0 Å². The highest BCUT2D eigenvalue weighted by atomic mass is 16.3. The Morgan fingerprint density at radius 1 is 1.09 bits per heavy atom. The fourth-order valence-electron chi connectivity index (χ4n) is 3.74. The average Bonchev–Trinajstić information content (AvgIpc) is 2.53. The lowest BCUT2D eigenvalue weighted by atomic mass is 9.72. The number of anilines is 1. The Hall–Kier alpha value is -1.80. The van der Waals surface area contributed by atoms with Crippen LogP contribution in [0.15, 0.2) is 42.5 Å². The van der Waals surface area contributed by atoms with Gasteiger partial charge in [0.15, 0.2) is 0 Å². The van der Waals surface area contributed by atoms with Gasteiger partial charge in [-0.3, -0.25) is 0 Å². The summed E-state index contributed by atoms with van der Waals surface area (Å²) in [6.07, 6.45) is 2.06. The third-order valence-electron chi connectivity index (χ3n) is 4.89. The van der Waals surface area contributed by atoms with E-state index in [4.69, 9.17) is 0 Å². The van der Waals surface area contributed by atoms with Crippen molar-refractivity contribution in [3.05, 3.63) is 64.7 Å². The van der Waals surface area contributed by atoms with E-state index in [2.05, 4.69) is 68.6 Å². The third kappa shape index (κ3) is 3.42. The van der Waals surface area contributed by atoms with Crippen LogP contribution >= 0.6 is 0 Å². The lowest BCUT2D eigenvalue weighted by molar-refractivity contribution is 0.279. The lowest BCUT2D eigenvalue weighted by Crippen LogP contribution is -2.27. The molecule has 1 heterocycles. The molecule has 0 aromatic heterocycles. The zero-order valence-electron chi connectivity index (χ0n) is 14.4. The van der Waals surface area contributed by atoms with Gasteiger partial charge in [0.2, 0.25) is 0 Å². The first-order chi connectivity index (χ1) is 11.0. The molecule has 122 valence electrons. The smallest absolute Gasteiger partial charge is 0.0702 e. The number of rotatable bonds is 3. The van der Waals surface area contributed by atoms with Crippen molar-refractivity contribution >= 4 is 5.69 Å². The van der Waals surface area contributed by atoms with Crippen molar-refractivity contribution in [3.63, 3.8) is 0 Å². The van der Waals surface area contributed by atoms with Gasteiger partial charge in [0, 0.05) is 17.8 Å². The maximum Gasteiger partial charge on any atom is 0.0702 e. The molecule has 2 nitrogen and oxygen atoms in total. The van der Waals surface area contributed by atoms with E-state index in [0.717, 1.165) is 30.6 Å². The molecule has 0 radical (unpaired) electrons. The van der Waals surface area contributed by atoms with Crippen LogP contribution in [0.5, 0.6) is 0 Å². The van der Waals surface area contributed by atoms with Gasteiger partial charge in [0.1, 0.15) is 0 Å². The first kappa shape index (κ1) is 16.1. The number of hydrogen-bond acceptors (Lipinski definition) is 2. The second-order valence-corrected chi connectivity index (χ2v) is 7.67. The summed E-state index contributed by atoms with van der Waals surface area (Å²) in [5, 5.41) is 13.3. The SMILES string of the molecule is CC(C)(C)C1CCNc2c(CO)cc(Cc3ccccc3)cc21. The maximum atomic E-state index is 9.83. The van der Waals surface area contributed by atoms with E-state index in [1.165, 1.54) is 16.7 Å². The van der Waals surface area contributed by atoms with Gasteiger partial charge in [-0.1, -0.05) is 63.2 Å². The van der Waals surface area contributed by atoms with Crippen molar-refractivity contribution in [2.75, 3.05) is 11.9 Å². The minimum absolute atomic E-state index is 0.0921. The molecule has 0 amide bonds. The molecule has 1 unspecified atom stereocenters. The van der Waals surface area contributed by atoms with Gasteiger partial charge in [-0.05, 0) is 40.9 Å². The second kappa shape index (κ2) is 6.37. The van der Waals surface area contributed by atoms with Gasteiger partial charge in [-0.25, -0.2) is 0 Å². The Balaban J connectivity index is 2.03. The number of nitrogens with one attached hydrogen (secondary N) is 1. The molecule has 3 rings (SSSR count). The summed E-state index contributed by atoms with van der Waals surface area (Å²) in [5.41, 5.74) is 6.40. The maximum absolute atomic E-state index is 9.83. The normalized spacial score (nSPS) is 17.5. The van der Waals surface area contributed by atoms with Gasteiger partial charge in [0.05, 0.1) is 6.61 Å². The Bertz CT molecular complexity index is 670. The van der Waals surface area contributed by atoms with Crippen molar-refractivity contribution < 1.29 is 5.11 Å². The van der Waals surface area contributed by atoms with Crippen molar-refractivity contribution in [1.29, 1.82) is 0 Å². The molecule has 0 fully saturated rings. The first-order valence-corrected chi connectivity index (χ1v) is 8.53. The van der Waals surface area contributed by atoms with E-state index in [9.17, 15) is 5.11 Å². The van der Waals surface area contributed by atoms with E-state index >= 15 is 0 Å². The molecular formula is C21H27NO. The first-order valence-electron chi connectivity index (χ1n) is 8.53. The molecule has 2 N–H and O–H groups in total. The van der Waals surface area contributed by atoms with Crippen LogP contribution in [0.1, 0.15) is 55.4 Å². The number of fused-ring (bicyclic) bond motifs is 1. The zero-order valence-corrected chi connectivity index (χ0v) is 14.4. The molecule has 1 atom stereocenters. The van der Waals surface area contributed by atoms with E-state index in [1.54, 1.807) is 0 Å². The highest BCUT2D eigenvalue weighted by molar-refractivity contribution is 5.62. The molecule has 0 aliphatic carbocycles. The average molecular weight is 309 g/mol. The van der Waals surface area contributed by atoms with Crippen LogP contribution in [0.3, 0.4) is 0 Å². The monoisotopic (exact) mass is 309 g/mol. The highest BCUT2D eigenvalue weighted by Gasteiger charge is 2.31. The number of aliphatic hydroxyl groups is 1. The summed E-state index contributed by atoms with van der Waals surface area (Å²) >= 11 is 0. The van der Waals surface area contributed by atoms with Gasteiger partial charge in [0.25, 0.3) is 0 Å². The summed E-state index contributed by atoms with van der Waals surface area (Å²) < 4.78 is 0. The Kier molecular flexibility index (Phi) is 4.45. The minimum atomic E-state index is 0.0921. The largest absolute Gasteiger partial charge is 0.392 e. The minimum Gasteiger partial charge on any atom is -0.392 e. The fourth-order valence-corrected chi connectivity index (χ4v) is 3.74. The summed E-state index contributed by atoms with van der Waals surface area (Å²) in [5.74, 6) is 0.528. The summed E-state index contributed by atoms with van der Waals surface area (Å²) in [7, 11) is 0. The van der Waals surface area contributed by atoms with Crippen LogP contribution in [0.2, 0.25) is 0 Å². The molecule has 1 aliphatic heterocycles. The van der Waals surface area contributed by atoms with Gasteiger partial charge in [-0.15, -0.1) is 0 Å². The van der Waals surface area contributed by atoms with Gasteiger partial charge < -0.3 is 10.4 Å². The van der Waals surface area contributed by atoms with E-state index in [-0.39, 0.29) is 12.0 Å². The molecule has 1 aliphatic rings. The van der Waals surface area contributed by atoms with Gasteiger partial charge >= 0.3 is 0 Å². The van der Waals surface area contributed by atoms with E-state index in [0.29, 0.717) is 5.92 Å². The van der Waals surface area contributed by atoms with Crippen molar-refractivity contribution in [1.82, 2.24) is 0 Å². The van der Waals surface area contributed by atoms with E-state index < -0.39 is 0 Å². The van der Waals surface area contributed by atoms with Crippen molar-refractivity contribution in [2.45, 2.75) is 46.1 Å². The highest BCUT2D eigenvalue weighted by Crippen LogP contribution is 2.45. The van der Waals surface area contributed by atoms with Crippen LogP contribution in [0, 0.1) is 5.41 Å². The Morgan fingerprint density at radius 2 is 1.83 bits per heavy atom. The quantitative estimate of drug-likeness (QED) is 0.860. The molecule has 0 spiro atoms. The number of benzene rings is 2. The summed E-state index contributed by atoms with van der Waals surface area (Å²) in [6, 6.07) is 15.1. The molecule has 0 bridgehead atoms. The molecule has 2 heteroatoms. The second-order valence-electron chi connectivity index (χ2n) is 7.67. The van der Waals surface area contributed by atoms with Crippen molar-refractivity contribution in [3.8, 4) is 0 Å². The topological polar surface area (TPSA) is 32.3 Å². The molecule has 2 aromatic rings. The zero-order chi connectivity index (χ0) is 16.4. The number of aliphatic hydroxyl groups excluding tert-OH is 1.